The third-order valence-corrected chi connectivity index (χ3v) is 5.80. The van der Waals surface area contributed by atoms with Gasteiger partial charge in [0.1, 0.15) is 0 Å². The zero-order valence-electron chi connectivity index (χ0n) is 15.5. The molecule has 23 heavy (non-hydrogen) atoms. The SMILES string of the molecule is CCNC(=NCCC(=O)NC1CCCC1)N1CC(C)(C)C1(C)C. The molecule has 1 heterocycles. The minimum absolute atomic E-state index is 0.0834. The molecule has 1 amide bonds. The first kappa shape index (κ1) is 18.1. The summed E-state index contributed by atoms with van der Waals surface area (Å²) in [5, 5.41) is 6.50. The zero-order chi connectivity index (χ0) is 17.1. The second-order valence-corrected chi connectivity index (χ2v) is 8.06. The first-order valence-electron chi connectivity index (χ1n) is 9.13. The van der Waals surface area contributed by atoms with Crippen LogP contribution in [0.4, 0.5) is 0 Å². The molecule has 0 atom stereocenters. The Kier molecular flexibility index (Phi) is 5.58. The van der Waals surface area contributed by atoms with Gasteiger partial charge in [0, 0.05) is 36.5 Å². The monoisotopic (exact) mass is 322 g/mol. The molecule has 1 saturated heterocycles. The maximum Gasteiger partial charge on any atom is 0.222 e. The fraction of sp³-hybridized carbons (Fsp3) is 0.889. The Bertz CT molecular complexity index is 450. The number of rotatable bonds is 5. The summed E-state index contributed by atoms with van der Waals surface area (Å²) in [7, 11) is 0. The maximum atomic E-state index is 12.0. The summed E-state index contributed by atoms with van der Waals surface area (Å²) in [4.78, 5) is 19.0. The molecule has 0 unspecified atom stereocenters. The predicted octanol–water partition coefficient (Wildman–Crippen LogP) is 2.52. The van der Waals surface area contributed by atoms with Gasteiger partial charge in [-0.3, -0.25) is 9.79 Å². The van der Waals surface area contributed by atoms with Crippen LogP contribution in [0.25, 0.3) is 0 Å². The quantitative estimate of drug-likeness (QED) is 0.604. The van der Waals surface area contributed by atoms with Gasteiger partial charge in [-0.25, -0.2) is 0 Å². The van der Waals surface area contributed by atoms with Gasteiger partial charge in [-0.1, -0.05) is 26.7 Å². The van der Waals surface area contributed by atoms with E-state index in [1.165, 1.54) is 12.8 Å². The summed E-state index contributed by atoms with van der Waals surface area (Å²) >= 11 is 0. The number of aliphatic imine (C=N–C) groups is 1. The Hall–Kier alpha value is -1.26. The molecule has 132 valence electrons. The predicted molar refractivity (Wildman–Crippen MR) is 95.6 cm³/mol. The van der Waals surface area contributed by atoms with E-state index in [9.17, 15) is 4.79 Å². The molecule has 1 saturated carbocycles. The molecule has 5 heteroatoms. The number of carbonyl (C=O) groups is 1. The highest BCUT2D eigenvalue weighted by Gasteiger charge is 2.53. The minimum atomic E-state index is 0.0834. The van der Waals surface area contributed by atoms with Gasteiger partial charge in [-0.2, -0.15) is 0 Å². The highest BCUT2D eigenvalue weighted by Crippen LogP contribution is 2.46. The van der Waals surface area contributed by atoms with E-state index in [1.807, 2.05) is 0 Å². The minimum Gasteiger partial charge on any atom is -0.356 e. The molecule has 2 rings (SSSR count). The van der Waals surface area contributed by atoms with E-state index < -0.39 is 0 Å². The van der Waals surface area contributed by atoms with Crippen molar-refractivity contribution in [2.75, 3.05) is 19.6 Å². The average molecular weight is 322 g/mol. The Morgan fingerprint density at radius 2 is 1.87 bits per heavy atom. The van der Waals surface area contributed by atoms with Crippen molar-refractivity contribution in [3.63, 3.8) is 0 Å². The molecule has 2 N–H and O–H groups in total. The lowest BCUT2D eigenvalue weighted by atomic mass is 9.65. The van der Waals surface area contributed by atoms with Crippen LogP contribution in [0.2, 0.25) is 0 Å². The standard InChI is InChI=1S/C18H34N4O/c1-6-19-16(22-13-17(2,3)18(22,4)5)20-12-11-15(23)21-14-9-7-8-10-14/h14H,6-13H2,1-5H3,(H,19,20)(H,21,23). The topological polar surface area (TPSA) is 56.7 Å². The van der Waals surface area contributed by atoms with Gasteiger partial charge in [-0.15, -0.1) is 0 Å². The fourth-order valence-electron chi connectivity index (χ4n) is 3.43. The highest BCUT2D eigenvalue weighted by molar-refractivity contribution is 5.82. The summed E-state index contributed by atoms with van der Waals surface area (Å²) in [5.74, 6) is 1.07. The van der Waals surface area contributed by atoms with E-state index >= 15 is 0 Å². The Morgan fingerprint density at radius 1 is 1.22 bits per heavy atom. The molecule has 2 aliphatic rings. The van der Waals surface area contributed by atoms with Crippen molar-refractivity contribution < 1.29 is 4.79 Å². The Balaban J connectivity index is 1.86. The second-order valence-electron chi connectivity index (χ2n) is 8.06. The van der Waals surface area contributed by atoms with E-state index in [0.717, 1.165) is 31.9 Å². The van der Waals surface area contributed by atoms with Crippen LogP contribution in [0.3, 0.4) is 0 Å². The molecule has 0 aromatic rings. The number of hydrogen-bond acceptors (Lipinski definition) is 2. The number of nitrogens with zero attached hydrogens (tertiary/aromatic N) is 2. The van der Waals surface area contributed by atoms with Crippen LogP contribution in [0.15, 0.2) is 4.99 Å². The fourth-order valence-corrected chi connectivity index (χ4v) is 3.43. The lowest BCUT2D eigenvalue weighted by Crippen LogP contribution is -2.72. The lowest BCUT2D eigenvalue weighted by Gasteiger charge is -2.62. The molecular weight excluding hydrogens is 288 g/mol. The van der Waals surface area contributed by atoms with Gasteiger partial charge in [0.15, 0.2) is 5.96 Å². The molecule has 0 radical (unpaired) electrons. The van der Waals surface area contributed by atoms with Crippen LogP contribution in [0, 0.1) is 5.41 Å². The molecule has 0 spiro atoms. The zero-order valence-corrected chi connectivity index (χ0v) is 15.5. The Morgan fingerprint density at radius 3 is 2.39 bits per heavy atom. The summed E-state index contributed by atoms with van der Waals surface area (Å²) in [6.07, 6.45) is 5.23. The third-order valence-electron chi connectivity index (χ3n) is 5.80. The van der Waals surface area contributed by atoms with Gasteiger partial charge < -0.3 is 15.5 Å². The van der Waals surface area contributed by atoms with Crippen molar-refractivity contribution in [3.8, 4) is 0 Å². The highest BCUT2D eigenvalue weighted by atomic mass is 16.1. The molecular formula is C18H34N4O. The summed E-state index contributed by atoms with van der Waals surface area (Å²) in [5.41, 5.74) is 0.364. The smallest absolute Gasteiger partial charge is 0.222 e. The van der Waals surface area contributed by atoms with Crippen LogP contribution < -0.4 is 10.6 Å². The van der Waals surface area contributed by atoms with Crippen molar-refractivity contribution in [2.24, 2.45) is 10.4 Å². The van der Waals surface area contributed by atoms with E-state index in [2.05, 4.69) is 55.1 Å². The van der Waals surface area contributed by atoms with Gasteiger partial charge in [0.25, 0.3) is 0 Å². The first-order chi connectivity index (χ1) is 10.8. The summed E-state index contributed by atoms with van der Waals surface area (Å²) in [6.45, 7) is 13.6. The van der Waals surface area contributed by atoms with E-state index in [-0.39, 0.29) is 16.9 Å². The average Bonchev–Trinajstić information content (AvgIpc) is 2.97. The van der Waals surface area contributed by atoms with Crippen molar-refractivity contribution >= 4 is 11.9 Å². The number of likely N-dealkylation sites (tertiary alicyclic amines) is 1. The number of nitrogens with one attached hydrogen (secondary N) is 2. The van der Waals surface area contributed by atoms with Gasteiger partial charge in [-0.05, 0) is 33.6 Å². The number of amides is 1. The molecule has 0 bridgehead atoms. The van der Waals surface area contributed by atoms with Crippen molar-refractivity contribution in [1.29, 1.82) is 0 Å². The van der Waals surface area contributed by atoms with Crippen molar-refractivity contribution in [3.05, 3.63) is 0 Å². The second kappa shape index (κ2) is 7.10. The number of guanidine groups is 1. The number of hydrogen-bond donors (Lipinski definition) is 2. The molecule has 1 aliphatic carbocycles. The maximum absolute atomic E-state index is 12.0. The molecule has 5 nitrogen and oxygen atoms in total. The molecule has 2 fully saturated rings. The van der Waals surface area contributed by atoms with E-state index in [1.54, 1.807) is 0 Å². The number of carbonyl (C=O) groups excluding carboxylic acids is 1. The normalized spacial score (nSPS) is 23.5. The van der Waals surface area contributed by atoms with Gasteiger partial charge >= 0.3 is 0 Å². The van der Waals surface area contributed by atoms with E-state index in [4.69, 9.17) is 0 Å². The van der Waals surface area contributed by atoms with Gasteiger partial charge in [0.05, 0.1) is 6.54 Å². The van der Waals surface area contributed by atoms with E-state index in [0.29, 0.717) is 19.0 Å². The van der Waals surface area contributed by atoms with Crippen LogP contribution in [-0.2, 0) is 4.79 Å². The van der Waals surface area contributed by atoms with Crippen LogP contribution in [0.5, 0.6) is 0 Å². The van der Waals surface area contributed by atoms with Crippen LogP contribution >= 0.6 is 0 Å². The molecule has 0 aromatic carbocycles. The first-order valence-corrected chi connectivity index (χ1v) is 9.13. The van der Waals surface area contributed by atoms with Gasteiger partial charge in [0.2, 0.25) is 5.91 Å². The Labute approximate surface area is 141 Å². The molecule has 1 aliphatic heterocycles. The summed E-state index contributed by atoms with van der Waals surface area (Å²) < 4.78 is 0. The molecule has 0 aromatic heterocycles. The third kappa shape index (κ3) is 3.99. The van der Waals surface area contributed by atoms with Crippen molar-refractivity contribution in [1.82, 2.24) is 15.5 Å². The lowest BCUT2D eigenvalue weighted by molar-refractivity contribution is -0.121. The summed E-state index contributed by atoms with van der Waals surface area (Å²) in [6, 6.07) is 0.398. The largest absolute Gasteiger partial charge is 0.356 e. The van der Waals surface area contributed by atoms with Crippen LogP contribution in [-0.4, -0.2) is 48.0 Å². The van der Waals surface area contributed by atoms with Crippen LogP contribution in [0.1, 0.15) is 66.7 Å². The van der Waals surface area contributed by atoms with Crippen molar-refractivity contribution in [2.45, 2.75) is 78.3 Å².